The predicted molar refractivity (Wildman–Crippen MR) is 484 cm³/mol. The Morgan fingerprint density at radius 3 is 1.68 bits per heavy atom. The molecule has 16 amide bonds. The second-order valence-corrected chi connectivity index (χ2v) is 34.8. The zero-order chi connectivity index (χ0) is 98.9. The van der Waals surface area contributed by atoms with Gasteiger partial charge in [0, 0.05) is 126 Å². The van der Waals surface area contributed by atoms with Crippen LogP contribution in [-0.4, -0.2) is 319 Å². The number of phenolic OH excluding ortho intramolecular Hbond substituents is 1. The maximum absolute atomic E-state index is 15.8. The summed E-state index contributed by atoms with van der Waals surface area (Å²) < 4.78 is 1.41. The zero-order valence-electron chi connectivity index (χ0n) is 76.3. The first kappa shape index (κ1) is 104. The number of nitrogens with one attached hydrogen (secondary N) is 12. The molecule has 0 saturated carbocycles. The number of carbonyl (C=O) groups excluding carboxylic acids is 16. The third-order valence-electron chi connectivity index (χ3n) is 24.8. The molecule has 4 aliphatic heterocycles. The number of unbranched alkanes of at least 4 members (excludes halogenated alkanes) is 2. The molecular formula is C91H121N21O24. The van der Waals surface area contributed by atoms with Crippen LogP contribution in [0, 0.1) is 0 Å². The van der Waals surface area contributed by atoms with Crippen molar-refractivity contribution in [1.29, 1.82) is 0 Å². The fourth-order valence-electron chi connectivity index (χ4n) is 17.6. The number of hydrogen-bond acceptors (Lipinski definition) is 23. The molecule has 6 aromatic rings. The van der Waals surface area contributed by atoms with Crippen molar-refractivity contribution in [3.05, 3.63) is 120 Å². The number of aromatic amines is 2. The largest absolute Gasteiger partial charge is 0.508 e. The summed E-state index contributed by atoms with van der Waals surface area (Å²) in [4.78, 5) is 290. The molecule has 4 saturated heterocycles. The van der Waals surface area contributed by atoms with Gasteiger partial charge in [0.2, 0.25) is 94.5 Å². The van der Waals surface area contributed by atoms with Gasteiger partial charge >= 0.3 is 17.9 Å². The number of imidazole rings is 1. The smallest absolute Gasteiger partial charge is 0.323 e. The van der Waals surface area contributed by atoms with E-state index < -0.39 is 281 Å². The summed E-state index contributed by atoms with van der Waals surface area (Å²) in [7, 11) is 2.56. The van der Waals surface area contributed by atoms with Gasteiger partial charge in [0.15, 0.2) is 0 Å². The van der Waals surface area contributed by atoms with Gasteiger partial charge in [-0.15, -0.1) is 0 Å². The molecule has 0 aliphatic carbocycles. The molecule has 3 aromatic carbocycles. The van der Waals surface area contributed by atoms with Gasteiger partial charge in [-0.05, 0) is 106 Å². The lowest BCUT2D eigenvalue weighted by Gasteiger charge is -2.38. The molecule has 3 aromatic heterocycles. The highest BCUT2D eigenvalue weighted by atomic mass is 16.4. The van der Waals surface area contributed by atoms with Gasteiger partial charge in [-0.2, -0.15) is 0 Å². The van der Waals surface area contributed by atoms with Crippen LogP contribution >= 0.6 is 0 Å². The highest BCUT2D eigenvalue weighted by Gasteiger charge is 2.47. The Labute approximate surface area is 781 Å². The standard InChI is InChI=1S/C91H121N21O24/c1-6-8-20-68-83(128)100-59(29-31-75(117)118)80(125)106-66(78(93)123)43-94-44-74(116)99-63(35-50-25-27-54(113)28-26-50)89(134)110-33-15-14-23-69(110)85(130)105-65(40-73(92)115)90(135)111-34-16-24-70(111)84(129)103-62(38-53-42-95-48-97-53)82(127)101-60(30-32-76(119)120)88(133)112-46-55(114)39-72(112)86(131)102-61(36-51-41-96-58-19-12-10-17-56(51)58)81(126)98-49(3)79(124)104-64(87(132)108(5)71(21-9-7-2)91(136)107(68)4)37-52-45-109(47-77(121)122)67-22-13-11-18-57(52)67/h10-13,17-19,22,25-28,41-42,45,48-49,55,59-66,68-72,94,96,113-114H,6-9,14-16,20-21,23-24,29-40,43-44,46-47H2,1-5H3,(H2,92,115)(H2,93,123)(H,95,97)(H,98,126)(H,99,116)(H,100,128)(H,101,127)(H,102,131)(H,103,129)(H,104,124)(H,105,130)(H,106,125)(H,117,118)(H,119,120)(H,121,122)/t49-,55+,59-,60-,61-,62-,63-,64-,65-,66-,68-,69-,70-,71-,72-/m0/s1. The van der Waals surface area contributed by atoms with E-state index in [-0.39, 0.29) is 82.3 Å². The number of aliphatic hydroxyl groups is 1. The van der Waals surface area contributed by atoms with E-state index in [0.29, 0.717) is 64.2 Å². The summed E-state index contributed by atoms with van der Waals surface area (Å²) in [5, 5.41) is 79.0. The maximum Gasteiger partial charge on any atom is 0.323 e. The Hall–Kier alpha value is -14.4. The maximum atomic E-state index is 15.8. The van der Waals surface area contributed by atoms with Crippen molar-refractivity contribution >= 4 is 134 Å². The molecule has 21 N–H and O–H groups in total. The SMILES string of the molecule is CCCC[C@H]1C(=O)N(C)[C@@H](CCCC)C(=O)N[C@@H](CCC(=O)O)C(=O)N[C@H](C(N)=O)CNCC(=O)N[C@@H](Cc2ccc(O)cc2)C(=O)N2CCCC[C@H]2C(=O)N[C@@H](CC(N)=O)C(=O)N2CCC[C@H]2C(=O)N[C@@H](Cc2c[nH]cn2)C(=O)N[C@@H](CCC(=O)O)C(=O)N2C[C@H](O)C[C@H]2C(=O)N[C@@H](Cc2c[nH]c3ccccc23)C(=O)N[C@@H](C)C(=O)N[C@@H](Cc2cn(CC(=O)O)c3ccccc23)C(=O)N1C. The number of likely N-dealkylation sites (N-methyl/N-ethyl adjacent to an activating group) is 2. The summed E-state index contributed by atoms with van der Waals surface area (Å²) in [5.74, 6) is -20.5. The molecule has 136 heavy (non-hydrogen) atoms. The number of hydrogen-bond donors (Lipinski definition) is 19. The third-order valence-corrected chi connectivity index (χ3v) is 24.8. The molecule has 45 heteroatoms. The van der Waals surface area contributed by atoms with Crippen LogP contribution in [0.1, 0.15) is 152 Å². The Bertz CT molecular complexity index is 5370. The minimum atomic E-state index is -1.85. The first-order valence-electron chi connectivity index (χ1n) is 45.5. The lowest BCUT2D eigenvalue weighted by atomic mass is 9.97. The molecule has 4 aliphatic rings. The van der Waals surface area contributed by atoms with E-state index >= 15 is 47.9 Å². The molecule has 734 valence electrons. The highest BCUT2D eigenvalue weighted by Crippen LogP contribution is 2.30. The van der Waals surface area contributed by atoms with E-state index in [2.05, 4.69) is 68.1 Å². The van der Waals surface area contributed by atoms with Crippen molar-refractivity contribution in [2.45, 2.75) is 253 Å². The summed E-state index contributed by atoms with van der Waals surface area (Å²) in [6.45, 7) is 2.11. The summed E-state index contributed by atoms with van der Waals surface area (Å²) in [6.07, 6.45) is 0.574. The number of aliphatic hydroxyl groups excluding tert-OH is 1. The monoisotopic (exact) mass is 1890 g/mol. The molecule has 0 radical (unpaired) electrons. The molecule has 0 unspecified atom stereocenters. The predicted octanol–water partition coefficient (Wildman–Crippen LogP) is -2.65. The average Bonchev–Trinajstić information content (AvgIpc) is 1.63. The van der Waals surface area contributed by atoms with Gasteiger partial charge in [-0.25, -0.2) is 4.98 Å². The normalized spacial score (nSPS) is 25.1. The quantitative estimate of drug-likeness (QED) is 0.0278. The van der Waals surface area contributed by atoms with Crippen LogP contribution in [0.25, 0.3) is 21.8 Å². The van der Waals surface area contributed by atoms with Gasteiger partial charge in [0.05, 0.1) is 31.1 Å². The first-order valence-corrected chi connectivity index (χ1v) is 45.5. The molecule has 45 nitrogen and oxygen atoms in total. The van der Waals surface area contributed by atoms with Crippen molar-refractivity contribution in [2.24, 2.45) is 11.5 Å². The topological polar surface area (TPSA) is 663 Å². The van der Waals surface area contributed by atoms with Crippen LogP contribution in [0.2, 0.25) is 0 Å². The minimum Gasteiger partial charge on any atom is -0.508 e. The van der Waals surface area contributed by atoms with Crippen LogP contribution in [-0.2, 0) is 123 Å². The molecule has 4 fully saturated rings. The van der Waals surface area contributed by atoms with Gasteiger partial charge in [0.25, 0.3) is 0 Å². The second-order valence-electron chi connectivity index (χ2n) is 34.8. The van der Waals surface area contributed by atoms with Crippen LogP contribution in [0.3, 0.4) is 0 Å². The van der Waals surface area contributed by atoms with Crippen LogP contribution in [0.4, 0.5) is 0 Å². The highest BCUT2D eigenvalue weighted by molar-refractivity contribution is 6.03. The van der Waals surface area contributed by atoms with E-state index in [1.54, 1.807) is 68.6 Å². The molecule has 0 bridgehead atoms. The Morgan fingerprint density at radius 1 is 0.500 bits per heavy atom. The Kier molecular flexibility index (Phi) is 37.0. The summed E-state index contributed by atoms with van der Waals surface area (Å²) >= 11 is 0. The van der Waals surface area contributed by atoms with Gasteiger partial charge in [0.1, 0.15) is 96.9 Å². The lowest BCUT2D eigenvalue weighted by Crippen LogP contribution is -2.62. The van der Waals surface area contributed by atoms with E-state index in [1.165, 1.54) is 73.5 Å². The number of carboxylic acid groups (broad SMARTS) is 3. The van der Waals surface area contributed by atoms with E-state index in [9.17, 15) is 68.7 Å². The van der Waals surface area contributed by atoms with Crippen LogP contribution in [0.5, 0.6) is 5.75 Å². The molecule has 15 atom stereocenters. The van der Waals surface area contributed by atoms with Crippen LogP contribution in [0.15, 0.2) is 97.7 Å². The second kappa shape index (κ2) is 48.5. The lowest BCUT2D eigenvalue weighted by molar-refractivity contribution is -0.149. The number of carboxylic acids is 3. The number of nitrogens with zero attached hydrogens (tertiary/aromatic N) is 7. The third kappa shape index (κ3) is 27.7. The first-order chi connectivity index (χ1) is 64.8. The van der Waals surface area contributed by atoms with Crippen LogP contribution < -0.4 is 64.6 Å². The molecule has 0 spiro atoms. The summed E-state index contributed by atoms with van der Waals surface area (Å²) in [6, 6.07) is -3.77. The number of H-pyrrole nitrogens is 2. The summed E-state index contributed by atoms with van der Waals surface area (Å²) in [5.41, 5.74) is 13.9. The van der Waals surface area contributed by atoms with Crippen molar-refractivity contribution in [3.63, 3.8) is 0 Å². The number of primary amides is 2. The van der Waals surface area contributed by atoms with Gasteiger partial charge < -0.3 is 129 Å². The number of piperidine rings is 1. The Balaban J connectivity index is 1.02. The van der Waals surface area contributed by atoms with Crippen molar-refractivity contribution in [1.82, 2.24) is 97.2 Å². The number of amides is 16. The number of para-hydroxylation sites is 2. The number of aromatic hydroxyl groups is 1. The van der Waals surface area contributed by atoms with Gasteiger partial charge in [-0.1, -0.05) is 88.1 Å². The zero-order valence-corrected chi connectivity index (χ0v) is 76.3. The average molecular weight is 1890 g/mol. The van der Waals surface area contributed by atoms with E-state index in [0.717, 1.165) is 19.6 Å². The number of aromatic nitrogens is 4. The fourth-order valence-corrected chi connectivity index (χ4v) is 17.6. The van der Waals surface area contributed by atoms with Crippen molar-refractivity contribution in [2.75, 3.05) is 46.8 Å². The van der Waals surface area contributed by atoms with Crippen molar-refractivity contribution < 1.29 is 117 Å². The number of aliphatic carboxylic acids is 3. The molecule has 7 heterocycles. The number of benzene rings is 3. The number of rotatable bonds is 25. The van der Waals surface area contributed by atoms with Crippen molar-refractivity contribution in [3.8, 4) is 5.75 Å². The molecular weight excluding hydrogens is 1770 g/mol. The molecule has 10 rings (SSSR count). The fraction of sp³-hybridized carbons (Fsp3) is 0.516. The number of fused-ring (bicyclic) bond motifs is 5. The van der Waals surface area contributed by atoms with Gasteiger partial charge in [-0.3, -0.25) is 91.1 Å². The Morgan fingerprint density at radius 2 is 1.04 bits per heavy atom. The number of carbonyl (C=O) groups is 19. The number of phenols is 1. The van der Waals surface area contributed by atoms with E-state index in [4.69, 9.17) is 11.5 Å². The van der Waals surface area contributed by atoms with E-state index in [1.807, 2.05) is 0 Å². The minimum absolute atomic E-state index is 0.0323. The number of nitrogens with two attached hydrogens (primary N) is 2.